The first kappa shape index (κ1) is 24.5. The summed E-state index contributed by atoms with van der Waals surface area (Å²) in [5.41, 5.74) is 2.28. The number of benzene rings is 4. The van der Waals surface area contributed by atoms with Crippen molar-refractivity contribution in [2.75, 3.05) is 6.61 Å². The Morgan fingerprint density at radius 2 is 1.27 bits per heavy atom. The Hall–Kier alpha value is -4.14. The number of nitrogens with zero attached hydrogens (tertiary/aromatic N) is 2. The number of hydrogen-bond acceptors (Lipinski definition) is 3. The number of ether oxygens (including phenoxy) is 1. The Morgan fingerprint density at radius 3 is 1.76 bits per heavy atom. The number of carbonyl (C=O) groups is 1. The molecule has 1 aromatic heterocycles. The van der Waals surface area contributed by atoms with E-state index in [4.69, 9.17) is 9.48 Å². The van der Waals surface area contributed by atoms with Crippen LogP contribution in [0.15, 0.2) is 132 Å². The lowest BCUT2D eigenvalue weighted by molar-refractivity contribution is -0.138. The van der Waals surface area contributed by atoms with E-state index in [2.05, 4.69) is 59.2 Å². The van der Waals surface area contributed by atoms with Gasteiger partial charge in [0, 0.05) is 39.6 Å². The van der Waals surface area contributed by atoms with E-state index in [1.165, 1.54) is 0 Å². The summed E-state index contributed by atoms with van der Waals surface area (Å²) < 4.78 is 13.1. The summed E-state index contributed by atoms with van der Waals surface area (Å²) in [6, 6.07) is 41.1. The molecule has 1 heterocycles. The number of aryl methyl sites for hydroxylation is 1. The molecule has 0 bridgehead atoms. The minimum atomic E-state index is -2.63. The molecule has 4 aromatic carbocycles. The van der Waals surface area contributed by atoms with Gasteiger partial charge in [-0.2, -0.15) is 0 Å². The van der Waals surface area contributed by atoms with Crippen molar-refractivity contribution in [2.24, 2.45) is 11.8 Å². The second-order valence-corrected chi connectivity index (χ2v) is 11.7. The van der Waals surface area contributed by atoms with Gasteiger partial charge >= 0.3 is 5.97 Å². The first-order valence-corrected chi connectivity index (χ1v) is 14.1. The Bertz CT molecular complexity index is 1500. The summed E-state index contributed by atoms with van der Waals surface area (Å²) in [6.07, 6.45) is 1.86. The van der Waals surface area contributed by atoms with Crippen LogP contribution in [0, 0.1) is 0 Å². The van der Waals surface area contributed by atoms with Crippen LogP contribution in [-0.2, 0) is 16.6 Å². The number of para-hydroxylation sites is 1. The van der Waals surface area contributed by atoms with Gasteiger partial charge in [-0.1, -0.05) is 109 Å². The molecule has 0 aliphatic heterocycles. The molecule has 5 aromatic rings. The molecule has 0 N–H and O–H groups in total. The smallest absolute Gasteiger partial charge is 0.356 e. The van der Waals surface area contributed by atoms with Gasteiger partial charge in [0.15, 0.2) is 0 Å². The van der Waals surface area contributed by atoms with E-state index in [-0.39, 0.29) is 6.61 Å². The van der Waals surface area contributed by atoms with E-state index < -0.39 is 13.0 Å². The Morgan fingerprint density at radius 1 is 0.784 bits per heavy atom. The predicted octanol–water partition coefficient (Wildman–Crippen LogP) is 6.26. The maximum atomic E-state index is 13.5. The molecule has 0 aliphatic rings. The van der Waals surface area contributed by atoms with Gasteiger partial charge in [0.25, 0.3) is 0 Å². The van der Waals surface area contributed by atoms with E-state index in [0.29, 0.717) is 5.70 Å². The lowest BCUT2D eigenvalue weighted by atomic mass is 10.2. The minimum absolute atomic E-state index is 0.272. The summed E-state index contributed by atoms with van der Waals surface area (Å²) in [5.74, 6) is -0.431. The van der Waals surface area contributed by atoms with E-state index in [0.717, 1.165) is 32.5 Å². The third-order valence-corrected chi connectivity index (χ3v) is 10.1. The fourth-order valence-corrected chi connectivity index (χ4v) is 8.15. The van der Waals surface area contributed by atoms with Crippen LogP contribution in [0.2, 0.25) is 0 Å². The molecule has 37 heavy (non-hydrogen) atoms. The normalized spacial score (nSPS) is 11.9. The van der Waals surface area contributed by atoms with Crippen LogP contribution < -0.4 is 15.9 Å². The highest BCUT2D eigenvalue weighted by Gasteiger charge is 2.29. The van der Waals surface area contributed by atoms with Crippen LogP contribution in [0.3, 0.4) is 0 Å². The lowest BCUT2D eigenvalue weighted by Crippen LogP contribution is -2.26. The topological polar surface area (TPSA) is 43.6 Å². The van der Waals surface area contributed by atoms with Crippen LogP contribution in [0.25, 0.3) is 17.0 Å². The Kier molecular flexibility index (Phi) is 7.20. The molecule has 0 amide bonds. The zero-order chi connectivity index (χ0) is 25.7. The maximum Gasteiger partial charge on any atom is 0.356 e. The van der Waals surface area contributed by atoms with Gasteiger partial charge in [-0.25, -0.2) is 9.54 Å². The fraction of sp³-hybridized carbons (Fsp3) is 0.0938. The number of aromatic nitrogens is 1. The molecule has 5 rings (SSSR count). The molecule has 184 valence electrons. The monoisotopic (exact) mass is 504 g/mol. The van der Waals surface area contributed by atoms with E-state index in [1.54, 1.807) is 0 Å². The van der Waals surface area contributed by atoms with Crippen molar-refractivity contribution >= 4 is 45.9 Å². The highest BCUT2D eigenvalue weighted by atomic mass is 31.2. The van der Waals surface area contributed by atoms with Crippen LogP contribution >= 0.6 is 7.05 Å². The van der Waals surface area contributed by atoms with Crippen LogP contribution in [0.4, 0.5) is 0 Å². The second kappa shape index (κ2) is 10.9. The summed E-state index contributed by atoms with van der Waals surface area (Å²) in [7, 11) is -0.622. The van der Waals surface area contributed by atoms with Gasteiger partial charge in [0.05, 0.1) is 13.7 Å². The fourth-order valence-electron chi connectivity index (χ4n) is 4.64. The van der Waals surface area contributed by atoms with Crippen LogP contribution in [0.5, 0.6) is 0 Å². The third kappa shape index (κ3) is 4.81. The van der Waals surface area contributed by atoms with Gasteiger partial charge in [0.1, 0.15) is 5.70 Å². The van der Waals surface area contributed by atoms with Crippen LogP contribution in [0.1, 0.15) is 12.6 Å². The van der Waals surface area contributed by atoms with Crippen molar-refractivity contribution in [3.8, 4) is 0 Å². The summed E-state index contributed by atoms with van der Waals surface area (Å²) in [6.45, 7) is 2.09. The number of carbonyl (C=O) groups excluding carboxylic acids is 1. The first-order chi connectivity index (χ1) is 18.1. The Labute approximate surface area is 217 Å². The zero-order valence-corrected chi connectivity index (χ0v) is 21.9. The lowest BCUT2D eigenvalue weighted by Gasteiger charge is -2.27. The van der Waals surface area contributed by atoms with Crippen molar-refractivity contribution < 1.29 is 9.53 Å². The minimum Gasteiger partial charge on any atom is -0.461 e. The summed E-state index contributed by atoms with van der Waals surface area (Å²) in [4.78, 5) is 13.5. The molecule has 0 spiro atoms. The molecule has 0 aliphatic carbocycles. The molecule has 0 unspecified atom stereocenters. The molecule has 0 saturated heterocycles. The van der Waals surface area contributed by atoms with Crippen molar-refractivity contribution in [3.63, 3.8) is 0 Å². The molecule has 0 radical (unpaired) electrons. The van der Waals surface area contributed by atoms with Crippen LogP contribution in [-0.4, -0.2) is 17.1 Å². The number of esters is 1. The van der Waals surface area contributed by atoms with Gasteiger partial charge in [-0.05, 0) is 25.1 Å². The SMILES string of the molecule is CCOC(=O)/C(=C/c1cc2ccccc2n1C)N=P(c1ccccc1)(c1ccccc1)c1ccccc1. The van der Waals surface area contributed by atoms with E-state index in [9.17, 15) is 4.79 Å². The van der Waals surface area contributed by atoms with Gasteiger partial charge in [-0.15, -0.1) is 0 Å². The predicted molar refractivity (Wildman–Crippen MR) is 155 cm³/mol. The van der Waals surface area contributed by atoms with Gasteiger partial charge in [-0.3, -0.25) is 0 Å². The maximum absolute atomic E-state index is 13.5. The average Bonchev–Trinajstić information content (AvgIpc) is 3.27. The summed E-state index contributed by atoms with van der Waals surface area (Å²) >= 11 is 0. The molecular formula is C32H29N2O2P. The summed E-state index contributed by atoms with van der Waals surface area (Å²) in [5, 5.41) is 4.31. The highest BCUT2D eigenvalue weighted by Crippen LogP contribution is 2.48. The van der Waals surface area contributed by atoms with Crippen molar-refractivity contribution in [1.29, 1.82) is 0 Å². The average molecular weight is 505 g/mol. The molecular weight excluding hydrogens is 475 g/mol. The van der Waals surface area contributed by atoms with E-state index in [1.807, 2.05) is 86.8 Å². The van der Waals surface area contributed by atoms with Crippen molar-refractivity contribution in [2.45, 2.75) is 6.92 Å². The number of rotatable bonds is 7. The number of fused-ring (bicyclic) bond motifs is 1. The molecule has 0 saturated carbocycles. The largest absolute Gasteiger partial charge is 0.461 e. The molecule has 4 nitrogen and oxygen atoms in total. The van der Waals surface area contributed by atoms with E-state index >= 15 is 0 Å². The van der Waals surface area contributed by atoms with Gasteiger partial charge in [0.2, 0.25) is 0 Å². The first-order valence-electron chi connectivity index (χ1n) is 12.4. The highest BCUT2D eigenvalue weighted by molar-refractivity contribution is 7.87. The second-order valence-electron chi connectivity index (χ2n) is 8.68. The quantitative estimate of drug-likeness (QED) is 0.149. The Balaban J connectivity index is 1.87. The van der Waals surface area contributed by atoms with Crippen molar-refractivity contribution in [1.82, 2.24) is 4.57 Å². The molecule has 5 heteroatoms. The van der Waals surface area contributed by atoms with Crippen molar-refractivity contribution in [3.05, 3.63) is 133 Å². The number of hydrogen-bond donors (Lipinski definition) is 0. The molecule has 0 fully saturated rings. The zero-order valence-electron chi connectivity index (χ0n) is 21.0. The van der Waals surface area contributed by atoms with Gasteiger partial charge < -0.3 is 9.30 Å². The molecule has 0 atom stereocenters. The standard InChI is InChI=1S/C32H29N2O2P/c1-3-36-32(35)30(24-26-23-25-15-13-14-22-31(25)34(26)2)33-37(27-16-7-4-8-17-27,28-18-9-5-10-19-28)29-20-11-6-12-21-29/h4-24H,3H2,1-2H3/b30-24-. The third-order valence-electron chi connectivity index (χ3n) is 6.41.